The predicted octanol–water partition coefficient (Wildman–Crippen LogP) is -0.260. The zero-order valence-corrected chi connectivity index (χ0v) is 11.9. The van der Waals surface area contributed by atoms with Gasteiger partial charge in [0.1, 0.15) is 0 Å². The standard InChI is InChI=1S/C11H20N6O2/c1-7(8(18)12-2)6-17(4)10-14-9(13-3)15-11(16-10)19-5/h7H,6H2,1-5H3,(H,12,18)(H,13,14,15,16). The van der Waals surface area contributed by atoms with Gasteiger partial charge in [-0.1, -0.05) is 6.92 Å². The summed E-state index contributed by atoms with van der Waals surface area (Å²) in [5.74, 6) is 0.672. The Balaban J connectivity index is 2.86. The van der Waals surface area contributed by atoms with E-state index >= 15 is 0 Å². The minimum Gasteiger partial charge on any atom is -0.467 e. The number of methoxy groups -OCH3 is 1. The van der Waals surface area contributed by atoms with E-state index in [4.69, 9.17) is 4.74 Å². The molecule has 0 aromatic carbocycles. The third-order valence-electron chi connectivity index (χ3n) is 2.59. The van der Waals surface area contributed by atoms with Gasteiger partial charge in [-0.2, -0.15) is 15.0 Å². The first-order valence-corrected chi connectivity index (χ1v) is 5.92. The van der Waals surface area contributed by atoms with Crippen LogP contribution in [0.2, 0.25) is 0 Å². The summed E-state index contributed by atoms with van der Waals surface area (Å²) < 4.78 is 5.01. The first-order chi connectivity index (χ1) is 9.01. The number of amides is 1. The van der Waals surface area contributed by atoms with Crippen LogP contribution in [0.4, 0.5) is 11.9 Å². The zero-order chi connectivity index (χ0) is 14.4. The van der Waals surface area contributed by atoms with E-state index in [0.29, 0.717) is 18.4 Å². The molecule has 0 fully saturated rings. The molecule has 0 saturated heterocycles. The van der Waals surface area contributed by atoms with Crippen LogP contribution >= 0.6 is 0 Å². The molecule has 1 amide bonds. The molecule has 19 heavy (non-hydrogen) atoms. The molecule has 1 heterocycles. The largest absolute Gasteiger partial charge is 0.467 e. The van der Waals surface area contributed by atoms with Crippen LogP contribution in [-0.4, -0.2) is 55.7 Å². The SMILES string of the molecule is CNC(=O)C(C)CN(C)c1nc(NC)nc(OC)n1. The number of nitrogens with one attached hydrogen (secondary N) is 2. The highest BCUT2D eigenvalue weighted by Crippen LogP contribution is 2.14. The minimum absolute atomic E-state index is 0.0262. The Labute approximate surface area is 112 Å². The monoisotopic (exact) mass is 268 g/mol. The number of carbonyl (C=O) groups excluding carboxylic acids is 1. The lowest BCUT2D eigenvalue weighted by molar-refractivity contribution is -0.123. The highest BCUT2D eigenvalue weighted by molar-refractivity contribution is 5.78. The van der Waals surface area contributed by atoms with Gasteiger partial charge in [0.2, 0.25) is 17.8 Å². The molecule has 0 radical (unpaired) electrons. The Kier molecular flexibility index (Phi) is 5.28. The van der Waals surface area contributed by atoms with Crippen molar-refractivity contribution in [1.29, 1.82) is 0 Å². The predicted molar refractivity (Wildman–Crippen MR) is 72.4 cm³/mol. The first-order valence-electron chi connectivity index (χ1n) is 5.92. The fraction of sp³-hybridized carbons (Fsp3) is 0.636. The Morgan fingerprint density at radius 3 is 2.58 bits per heavy atom. The number of carbonyl (C=O) groups is 1. The van der Waals surface area contributed by atoms with E-state index in [1.54, 1.807) is 19.0 Å². The fourth-order valence-electron chi connectivity index (χ4n) is 1.54. The second kappa shape index (κ2) is 6.72. The van der Waals surface area contributed by atoms with Gasteiger partial charge in [0, 0.05) is 27.7 Å². The van der Waals surface area contributed by atoms with Crippen molar-refractivity contribution in [2.75, 3.05) is 45.0 Å². The number of anilines is 2. The highest BCUT2D eigenvalue weighted by atomic mass is 16.5. The summed E-state index contributed by atoms with van der Waals surface area (Å²) in [5, 5.41) is 5.45. The Bertz CT molecular complexity index is 417. The third kappa shape index (κ3) is 3.94. The van der Waals surface area contributed by atoms with E-state index in [-0.39, 0.29) is 17.8 Å². The van der Waals surface area contributed by atoms with Gasteiger partial charge in [-0.05, 0) is 0 Å². The Morgan fingerprint density at radius 1 is 1.37 bits per heavy atom. The van der Waals surface area contributed by atoms with Crippen LogP contribution in [0.3, 0.4) is 0 Å². The summed E-state index contributed by atoms with van der Waals surface area (Å²) in [6, 6.07) is 0.230. The summed E-state index contributed by atoms with van der Waals surface area (Å²) in [4.78, 5) is 25.7. The topological polar surface area (TPSA) is 92.3 Å². The van der Waals surface area contributed by atoms with E-state index in [2.05, 4.69) is 25.6 Å². The van der Waals surface area contributed by atoms with Gasteiger partial charge in [-0.15, -0.1) is 0 Å². The zero-order valence-electron chi connectivity index (χ0n) is 11.9. The maximum absolute atomic E-state index is 11.5. The quantitative estimate of drug-likeness (QED) is 0.734. The second-order valence-electron chi connectivity index (χ2n) is 4.09. The van der Waals surface area contributed by atoms with E-state index < -0.39 is 0 Å². The van der Waals surface area contributed by atoms with Crippen LogP contribution in [0.15, 0.2) is 0 Å². The number of aromatic nitrogens is 3. The van der Waals surface area contributed by atoms with Gasteiger partial charge in [-0.25, -0.2) is 0 Å². The third-order valence-corrected chi connectivity index (χ3v) is 2.59. The van der Waals surface area contributed by atoms with Crippen molar-refractivity contribution in [3.8, 4) is 6.01 Å². The minimum atomic E-state index is -0.171. The van der Waals surface area contributed by atoms with E-state index in [0.717, 1.165) is 0 Å². The van der Waals surface area contributed by atoms with Crippen LogP contribution in [0.1, 0.15) is 6.92 Å². The van der Waals surface area contributed by atoms with Crippen molar-refractivity contribution in [2.45, 2.75) is 6.92 Å². The molecule has 2 N–H and O–H groups in total. The smallest absolute Gasteiger partial charge is 0.322 e. The number of hydrogen-bond acceptors (Lipinski definition) is 7. The first kappa shape index (κ1) is 14.9. The highest BCUT2D eigenvalue weighted by Gasteiger charge is 2.17. The molecular formula is C11H20N6O2. The lowest BCUT2D eigenvalue weighted by Gasteiger charge is -2.21. The van der Waals surface area contributed by atoms with Gasteiger partial charge in [-0.3, -0.25) is 4.79 Å². The number of nitrogens with zero attached hydrogens (tertiary/aromatic N) is 4. The van der Waals surface area contributed by atoms with Crippen molar-refractivity contribution in [2.24, 2.45) is 5.92 Å². The van der Waals surface area contributed by atoms with Gasteiger partial charge in [0.05, 0.1) is 13.0 Å². The average Bonchev–Trinajstić information content (AvgIpc) is 2.45. The van der Waals surface area contributed by atoms with Crippen molar-refractivity contribution in [3.05, 3.63) is 0 Å². The molecule has 0 spiro atoms. The lowest BCUT2D eigenvalue weighted by Crippen LogP contribution is -2.35. The van der Waals surface area contributed by atoms with E-state index in [9.17, 15) is 4.79 Å². The average molecular weight is 268 g/mol. The lowest BCUT2D eigenvalue weighted by atomic mass is 10.1. The summed E-state index contributed by atoms with van der Waals surface area (Å²) in [7, 11) is 6.63. The van der Waals surface area contributed by atoms with Gasteiger partial charge < -0.3 is 20.3 Å². The molecule has 1 aromatic heterocycles. The van der Waals surface area contributed by atoms with Gasteiger partial charge in [0.25, 0.3) is 0 Å². The summed E-state index contributed by atoms with van der Waals surface area (Å²) in [6.45, 7) is 2.34. The molecule has 1 unspecified atom stereocenters. The molecule has 1 atom stereocenters. The van der Waals surface area contributed by atoms with Crippen molar-refractivity contribution >= 4 is 17.8 Å². The van der Waals surface area contributed by atoms with Crippen LogP contribution in [0.5, 0.6) is 6.01 Å². The molecule has 0 aliphatic heterocycles. The van der Waals surface area contributed by atoms with Crippen molar-refractivity contribution < 1.29 is 9.53 Å². The molecule has 0 aliphatic rings. The van der Waals surface area contributed by atoms with Crippen LogP contribution < -0.4 is 20.3 Å². The molecule has 1 aromatic rings. The normalized spacial score (nSPS) is 11.6. The summed E-state index contributed by atoms with van der Waals surface area (Å²) in [5.41, 5.74) is 0. The Morgan fingerprint density at radius 2 is 2.05 bits per heavy atom. The van der Waals surface area contributed by atoms with Crippen LogP contribution in [0.25, 0.3) is 0 Å². The summed E-state index contributed by atoms with van der Waals surface area (Å²) >= 11 is 0. The molecule has 8 heteroatoms. The van der Waals surface area contributed by atoms with Crippen molar-refractivity contribution in [3.63, 3.8) is 0 Å². The Hall–Kier alpha value is -2.12. The fourth-order valence-corrected chi connectivity index (χ4v) is 1.54. The summed E-state index contributed by atoms with van der Waals surface area (Å²) in [6.07, 6.45) is 0. The molecule has 106 valence electrons. The molecular weight excluding hydrogens is 248 g/mol. The maximum atomic E-state index is 11.5. The van der Waals surface area contributed by atoms with E-state index in [1.807, 2.05) is 14.0 Å². The molecule has 0 bridgehead atoms. The second-order valence-corrected chi connectivity index (χ2v) is 4.09. The van der Waals surface area contributed by atoms with Crippen molar-refractivity contribution in [1.82, 2.24) is 20.3 Å². The van der Waals surface area contributed by atoms with Gasteiger partial charge in [0.15, 0.2) is 0 Å². The molecule has 0 aliphatic carbocycles. The molecule has 1 rings (SSSR count). The van der Waals surface area contributed by atoms with E-state index in [1.165, 1.54) is 7.11 Å². The molecule has 0 saturated carbocycles. The number of ether oxygens (including phenoxy) is 1. The maximum Gasteiger partial charge on any atom is 0.322 e. The van der Waals surface area contributed by atoms with Gasteiger partial charge >= 0.3 is 6.01 Å². The van der Waals surface area contributed by atoms with Crippen LogP contribution in [-0.2, 0) is 4.79 Å². The molecule has 8 nitrogen and oxygen atoms in total. The number of hydrogen-bond donors (Lipinski definition) is 2. The number of rotatable bonds is 6. The van der Waals surface area contributed by atoms with Crippen LogP contribution in [0, 0.1) is 5.92 Å².